The summed E-state index contributed by atoms with van der Waals surface area (Å²) in [4.78, 5) is 22.3. The minimum Gasteiger partial charge on any atom is -0.394 e. The van der Waals surface area contributed by atoms with Crippen molar-refractivity contribution in [2.75, 3.05) is 13.2 Å². The largest absolute Gasteiger partial charge is 0.394 e. The van der Waals surface area contributed by atoms with Gasteiger partial charge in [-0.3, -0.25) is 4.79 Å². The van der Waals surface area contributed by atoms with Crippen molar-refractivity contribution < 1.29 is 19.4 Å². The molecule has 8 nitrogen and oxygen atoms in total. The van der Waals surface area contributed by atoms with Crippen molar-refractivity contribution in [2.45, 2.75) is 63.3 Å². The Morgan fingerprint density at radius 3 is 2.63 bits per heavy atom. The number of carbonyl (C=O) groups excluding carboxylic acids is 1. The highest BCUT2D eigenvalue weighted by atomic mass is 79.9. The topological polar surface area (TPSA) is 133 Å². The van der Waals surface area contributed by atoms with Gasteiger partial charge in [-0.25, -0.2) is 14.4 Å². The van der Waals surface area contributed by atoms with Crippen molar-refractivity contribution >= 4 is 33.4 Å². The average molecular weight is 573 g/mol. The molecule has 2 aromatic rings. The van der Waals surface area contributed by atoms with Gasteiger partial charge >= 0.3 is 0 Å². The zero-order valence-corrected chi connectivity index (χ0v) is 22.3. The van der Waals surface area contributed by atoms with E-state index in [2.05, 4.69) is 57.3 Å². The van der Waals surface area contributed by atoms with Gasteiger partial charge in [-0.1, -0.05) is 44.5 Å². The standard InChI is InChI=1S/C24H32BrClFN5O3/c1-23(2,3)9-17-24(28,22-30-10-13(25)11-31-22)18(15-5-4-6-16(26)19(15)27)20(32-17)21(35)29-8-7-14(34)12-33/h4-6,10-11,14,17-18,20,32-34H,7-9,12,28H2,1-3H3,(H,29,35). The molecule has 0 bridgehead atoms. The van der Waals surface area contributed by atoms with Gasteiger partial charge in [0, 0.05) is 30.9 Å². The fourth-order valence-electron chi connectivity index (χ4n) is 4.60. The summed E-state index contributed by atoms with van der Waals surface area (Å²) in [6.07, 6.45) is 2.90. The number of halogens is 3. The van der Waals surface area contributed by atoms with Crippen LogP contribution in [0.1, 0.15) is 50.9 Å². The van der Waals surface area contributed by atoms with E-state index in [1.165, 1.54) is 6.07 Å². The van der Waals surface area contributed by atoms with Crippen LogP contribution < -0.4 is 16.4 Å². The first-order valence-electron chi connectivity index (χ1n) is 11.4. The maximum atomic E-state index is 15.4. The van der Waals surface area contributed by atoms with Crippen LogP contribution in [0.25, 0.3) is 0 Å². The van der Waals surface area contributed by atoms with Gasteiger partial charge < -0.3 is 26.6 Å². The molecule has 1 aromatic heterocycles. The lowest BCUT2D eigenvalue weighted by molar-refractivity contribution is -0.123. The normalized spacial score (nSPS) is 25.5. The number of rotatable bonds is 8. The molecule has 0 saturated carbocycles. The van der Waals surface area contributed by atoms with Crippen molar-refractivity contribution in [3.05, 3.63) is 57.3 Å². The third-order valence-electron chi connectivity index (χ3n) is 6.22. The molecule has 11 heteroatoms. The van der Waals surface area contributed by atoms with Crippen molar-refractivity contribution in [1.29, 1.82) is 0 Å². The molecule has 2 heterocycles. The van der Waals surface area contributed by atoms with E-state index in [9.17, 15) is 9.90 Å². The fourth-order valence-corrected chi connectivity index (χ4v) is 4.99. The first-order valence-corrected chi connectivity index (χ1v) is 12.6. The number of aliphatic hydroxyl groups excluding tert-OH is 2. The van der Waals surface area contributed by atoms with E-state index < -0.39 is 48.0 Å². The monoisotopic (exact) mass is 571 g/mol. The Kier molecular flexibility index (Phi) is 8.88. The molecule has 1 aliphatic rings. The van der Waals surface area contributed by atoms with E-state index in [0.29, 0.717) is 10.9 Å². The highest BCUT2D eigenvalue weighted by molar-refractivity contribution is 9.10. The number of nitrogens with zero attached hydrogens (tertiary/aromatic N) is 2. The zero-order chi connectivity index (χ0) is 26.0. The molecule has 5 atom stereocenters. The van der Waals surface area contributed by atoms with Crippen LogP contribution in [-0.2, 0) is 10.3 Å². The van der Waals surface area contributed by atoms with Gasteiger partial charge in [0.2, 0.25) is 5.91 Å². The predicted molar refractivity (Wildman–Crippen MR) is 135 cm³/mol. The summed E-state index contributed by atoms with van der Waals surface area (Å²) in [5, 5.41) is 24.7. The molecule has 0 spiro atoms. The van der Waals surface area contributed by atoms with Gasteiger partial charge in [-0.2, -0.15) is 0 Å². The van der Waals surface area contributed by atoms with Crippen molar-refractivity contribution in [2.24, 2.45) is 11.1 Å². The maximum Gasteiger partial charge on any atom is 0.237 e. The van der Waals surface area contributed by atoms with Crippen LogP contribution in [0.4, 0.5) is 4.39 Å². The lowest BCUT2D eigenvalue weighted by atomic mass is 9.71. The molecule has 0 aliphatic carbocycles. The number of amides is 1. The van der Waals surface area contributed by atoms with Crippen LogP contribution in [0.5, 0.6) is 0 Å². The summed E-state index contributed by atoms with van der Waals surface area (Å²) >= 11 is 9.47. The first-order chi connectivity index (χ1) is 16.4. The summed E-state index contributed by atoms with van der Waals surface area (Å²) in [5.41, 5.74) is 5.78. The molecule has 0 radical (unpaired) electrons. The Morgan fingerprint density at radius 1 is 1.37 bits per heavy atom. The van der Waals surface area contributed by atoms with Gasteiger partial charge in [0.25, 0.3) is 0 Å². The highest BCUT2D eigenvalue weighted by Gasteiger charge is 2.59. The first kappa shape index (κ1) is 27.9. The van der Waals surface area contributed by atoms with Crippen LogP contribution in [-0.4, -0.2) is 57.4 Å². The highest BCUT2D eigenvalue weighted by Crippen LogP contribution is 2.48. The summed E-state index contributed by atoms with van der Waals surface area (Å²) in [7, 11) is 0. The van der Waals surface area contributed by atoms with E-state index in [1.807, 2.05) is 0 Å². The molecule has 6 N–H and O–H groups in total. The third-order valence-corrected chi connectivity index (χ3v) is 6.92. The molecule has 192 valence electrons. The van der Waals surface area contributed by atoms with E-state index in [0.717, 1.165) is 0 Å². The van der Waals surface area contributed by atoms with Crippen LogP contribution in [0.15, 0.2) is 35.1 Å². The molecule has 1 amide bonds. The number of aliphatic hydroxyl groups is 2. The van der Waals surface area contributed by atoms with E-state index in [4.69, 9.17) is 22.4 Å². The molecule has 1 fully saturated rings. The number of nitrogens with two attached hydrogens (primary N) is 1. The predicted octanol–water partition coefficient (Wildman–Crippen LogP) is 2.61. The fraction of sp³-hybridized carbons (Fsp3) is 0.542. The lowest BCUT2D eigenvalue weighted by Crippen LogP contribution is -2.53. The van der Waals surface area contributed by atoms with Gasteiger partial charge in [0.1, 0.15) is 17.2 Å². The molecule has 3 rings (SSSR count). The molecule has 35 heavy (non-hydrogen) atoms. The number of carbonyl (C=O) groups is 1. The van der Waals surface area contributed by atoms with E-state index >= 15 is 4.39 Å². The number of benzene rings is 1. The Bertz CT molecular complexity index is 1040. The molecule has 1 aromatic carbocycles. The second-order valence-corrected chi connectivity index (χ2v) is 11.5. The third kappa shape index (κ3) is 6.18. The summed E-state index contributed by atoms with van der Waals surface area (Å²) in [6.45, 7) is 5.87. The van der Waals surface area contributed by atoms with Gasteiger partial charge in [0.15, 0.2) is 0 Å². The SMILES string of the molecule is CC(C)(C)CC1NC(C(=O)NCCC(O)CO)C(c2cccc(Cl)c2F)C1(N)c1ncc(Br)cn1. The smallest absolute Gasteiger partial charge is 0.237 e. The number of aromatic nitrogens is 2. The van der Waals surface area contributed by atoms with Gasteiger partial charge in [-0.05, 0) is 45.8 Å². The van der Waals surface area contributed by atoms with Crippen LogP contribution in [0.3, 0.4) is 0 Å². The average Bonchev–Trinajstić information content (AvgIpc) is 3.07. The Labute approximate surface area is 218 Å². The summed E-state index contributed by atoms with van der Waals surface area (Å²) < 4.78 is 16.1. The van der Waals surface area contributed by atoms with Crippen molar-refractivity contribution in [3.63, 3.8) is 0 Å². The van der Waals surface area contributed by atoms with Crippen LogP contribution >= 0.6 is 27.5 Å². The van der Waals surface area contributed by atoms with E-state index in [1.54, 1.807) is 24.5 Å². The number of hydrogen-bond donors (Lipinski definition) is 5. The van der Waals surface area contributed by atoms with Crippen molar-refractivity contribution in [1.82, 2.24) is 20.6 Å². The maximum absolute atomic E-state index is 15.4. The second kappa shape index (κ2) is 11.1. The molecular formula is C24H32BrClFN5O3. The zero-order valence-electron chi connectivity index (χ0n) is 19.9. The number of nitrogens with one attached hydrogen (secondary N) is 2. The Balaban J connectivity index is 2.12. The van der Waals surface area contributed by atoms with Gasteiger partial charge in [0.05, 0.1) is 28.2 Å². The van der Waals surface area contributed by atoms with Crippen molar-refractivity contribution in [3.8, 4) is 0 Å². The number of hydrogen-bond acceptors (Lipinski definition) is 7. The Morgan fingerprint density at radius 2 is 2.03 bits per heavy atom. The molecule has 1 saturated heterocycles. The lowest BCUT2D eigenvalue weighted by Gasteiger charge is -2.37. The second-order valence-electron chi connectivity index (χ2n) is 10.2. The quantitative estimate of drug-likeness (QED) is 0.328. The van der Waals surface area contributed by atoms with Gasteiger partial charge in [-0.15, -0.1) is 0 Å². The van der Waals surface area contributed by atoms with Crippen LogP contribution in [0, 0.1) is 11.2 Å². The molecule has 5 unspecified atom stereocenters. The molecular weight excluding hydrogens is 541 g/mol. The minimum absolute atomic E-state index is 0.0777. The summed E-state index contributed by atoms with van der Waals surface area (Å²) in [6, 6.07) is 3.22. The summed E-state index contributed by atoms with van der Waals surface area (Å²) in [5.74, 6) is -1.68. The van der Waals surface area contributed by atoms with E-state index in [-0.39, 0.29) is 34.8 Å². The van der Waals surface area contributed by atoms with Crippen LogP contribution in [0.2, 0.25) is 5.02 Å². The minimum atomic E-state index is -1.36. The Hall–Kier alpha value is -1.69. The molecule has 1 aliphatic heterocycles.